The first-order valence-electron chi connectivity index (χ1n) is 8.60. The fourth-order valence-electron chi connectivity index (χ4n) is 2.66. The number of amides is 2. The fourth-order valence-corrected chi connectivity index (χ4v) is 2.66. The van der Waals surface area contributed by atoms with Crippen molar-refractivity contribution >= 4 is 23.7 Å². The summed E-state index contributed by atoms with van der Waals surface area (Å²) in [5, 5.41) is 13.9. The van der Waals surface area contributed by atoms with Gasteiger partial charge in [-0.2, -0.15) is 0 Å². The van der Waals surface area contributed by atoms with E-state index in [-0.39, 0.29) is 24.1 Å². The summed E-state index contributed by atoms with van der Waals surface area (Å²) in [4.78, 5) is 34.8. The average molecular weight is 388 g/mol. The van der Waals surface area contributed by atoms with Crippen molar-refractivity contribution in [3.8, 4) is 0 Å². The molecule has 0 radical (unpaired) electrons. The van der Waals surface area contributed by atoms with Gasteiger partial charge in [0.1, 0.15) is 0 Å². The van der Waals surface area contributed by atoms with Crippen LogP contribution in [0.5, 0.6) is 0 Å². The Morgan fingerprint density at radius 2 is 1.82 bits per heavy atom. The number of ether oxygens (including phenoxy) is 1. The van der Waals surface area contributed by atoms with Crippen molar-refractivity contribution in [1.29, 1.82) is 0 Å². The van der Waals surface area contributed by atoms with Crippen LogP contribution in [-0.2, 0) is 16.0 Å². The van der Waals surface area contributed by atoms with Gasteiger partial charge in [0.05, 0.1) is 18.4 Å². The van der Waals surface area contributed by atoms with Crippen molar-refractivity contribution in [3.05, 3.63) is 65.5 Å². The lowest BCUT2D eigenvalue weighted by atomic mass is 10.0. The maximum Gasteiger partial charge on any atom is 0.340 e. The molecule has 2 amide bonds. The van der Waals surface area contributed by atoms with E-state index in [4.69, 9.17) is 5.11 Å². The normalized spacial score (nSPS) is 11.4. The minimum atomic E-state index is -0.975. The van der Waals surface area contributed by atoms with Crippen LogP contribution < -0.4 is 10.6 Å². The van der Waals surface area contributed by atoms with Gasteiger partial charge in [0.15, 0.2) is 5.82 Å². The molecule has 0 aliphatic carbocycles. The van der Waals surface area contributed by atoms with Crippen molar-refractivity contribution in [2.75, 3.05) is 12.4 Å². The molecule has 2 aromatic rings. The van der Waals surface area contributed by atoms with Gasteiger partial charge in [0.25, 0.3) is 0 Å². The first kappa shape index (κ1) is 20.9. The molecule has 148 valence electrons. The Labute approximate surface area is 161 Å². The van der Waals surface area contributed by atoms with E-state index < -0.39 is 29.8 Å². The summed E-state index contributed by atoms with van der Waals surface area (Å²) in [6.07, 6.45) is 0.512. The van der Waals surface area contributed by atoms with Gasteiger partial charge in [0, 0.05) is 12.5 Å². The second-order valence-corrected chi connectivity index (χ2v) is 6.08. The predicted molar refractivity (Wildman–Crippen MR) is 101 cm³/mol. The molecular formula is C20H21FN2O5. The topological polar surface area (TPSA) is 105 Å². The zero-order chi connectivity index (χ0) is 20.5. The van der Waals surface area contributed by atoms with Gasteiger partial charge in [-0.15, -0.1) is 0 Å². The highest BCUT2D eigenvalue weighted by atomic mass is 19.1. The smallest absolute Gasteiger partial charge is 0.340 e. The van der Waals surface area contributed by atoms with Crippen LogP contribution in [0.25, 0.3) is 0 Å². The summed E-state index contributed by atoms with van der Waals surface area (Å²) in [5.74, 6) is -2.74. The Hall–Kier alpha value is -3.42. The zero-order valence-electron chi connectivity index (χ0n) is 15.3. The Bertz CT molecular complexity index is 842. The van der Waals surface area contributed by atoms with Crippen LogP contribution >= 0.6 is 0 Å². The van der Waals surface area contributed by atoms with E-state index in [0.717, 1.165) is 12.7 Å². The highest BCUT2D eigenvalue weighted by Gasteiger charge is 2.19. The summed E-state index contributed by atoms with van der Waals surface area (Å²) in [7, 11) is 1.13. The summed E-state index contributed by atoms with van der Waals surface area (Å²) < 4.78 is 18.9. The molecule has 0 saturated carbocycles. The Kier molecular flexibility index (Phi) is 7.50. The Balaban J connectivity index is 2.08. The molecule has 7 nitrogen and oxygen atoms in total. The molecule has 1 atom stereocenters. The third-order valence-corrected chi connectivity index (χ3v) is 4.02. The first-order chi connectivity index (χ1) is 13.4. The molecule has 0 bridgehead atoms. The van der Waals surface area contributed by atoms with Crippen molar-refractivity contribution in [1.82, 2.24) is 5.32 Å². The van der Waals surface area contributed by atoms with Gasteiger partial charge in [-0.25, -0.2) is 14.0 Å². The standard InChI is InChI=1S/C20H21FN2O5/c1-28-19(26)15-8-5-9-16(18(15)21)23-20(27)22-14(10-11-17(24)25)12-13-6-3-2-4-7-13/h2-9,14H,10-12H2,1H3,(H,24,25)(H2,22,23,27). The third kappa shape index (κ3) is 6.08. The second-order valence-electron chi connectivity index (χ2n) is 6.08. The number of nitrogens with one attached hydrogen (secondary N) is 2. The molecule has 0 aromatic heterocycles. The van der Waals surface area contributed by atoms with Crippen LogP contribution in [0.15, 0.2) is 48.5 Å². The zero-order valence-corrected chi connectivity index (χ0v) is 15.3. The monoisotopic (exact) mass is 388 g/mol. The number of benzene rings is 2. The van der Waals surface area contributed by atoms with E-state index in [1.807, 2.05) is 30.3 Å². The summed E-state index contributed by atoms with van der Waals surface area (Å²) >= 11 is 0. The number of carboxylic acids is 1. The van der Waals surface area contributed by atoms with E-state index in [9.17, 15) is 18.8 Å². The molecule has 2 rings (SSSR count). The number of carbonyl (C=O) groups is 3. The molecule has 3 N–H and O–H groups in total. The van der Waals surface area contributed by atoms with Gasteiger partial charge in [-0.05, 0) is 30.5 Å². The van der Waals surface area contributed by atoms with Crippen LogP contribution in [-0.4, -0.2) is 36.2 Å². The average Bonchev–Trinajstić information content (AvgIpc) is 2.68. The van der Waals surface area contributed by atoms with Gasteiger partial charge < -0.3 is 20.5 Å². The first-order valence-corrected chi connectivity index (χ1v) is 8.60. The van der Waals surface area contributed by atoms with E-state index in [1.54, 1.807) is 0 Å². The van der Waals surface area contributed by atoms with E-state index in [0.29, 0.717) is 6.42 Å². The molecule has 1 unspecified atom stereocenters. The Morgan fingerprint density at radius 1 is 1.11 bits per heavy atom. The van der Waals surface area contributed by atoms with Crippen molar-refractivity contribution in [2.45, 2.75) is 25.3 Å². The molecule has 8 heteroatoms. The van der Waals surface area contributed by atoms with Gasteiger partial charge >= 0.3 is 18.0 Å². The van der Waals surface area contributed by atoms with Gasteiger partial charge in [-0.3, -0.25) is 4.79 Å². The van der Waals surface area contributed by atoms with Gasteiger partial charge in [0.2, 0.25) is 0 Å². The maximum absolute atomic E-state index is 14.4. The number of carboxylic acid groups (broad SMARTS) is 1. The number of hydrogen-bond acceptors (Lipinski definition) is 4. The minimum absolute atomic E-state index is 0.121. The second kappa shape index (κ2) is 10.1. The molecular weight excluding hydrogens is 367 g/mol. The SMILES string of the molecule is COC(=O)c1cccc(NC(=O)NC(CCC(=O)O)Cc2ccccc2)c1F. The summed E-state index contributed by atoms with van der Waals surface area (Å²) in [5.41, 5.74) is 0.446. The molecule has 0 aliphatic heterocycles. The Morgan fingerprint density at radius 3 is 2.46 bits per heavy atom. The molecule has 0 saturated heterocycles. The van der Waals surface area contributed by atoms with Crippen molar-refractivity contribution in [2.24, 2.45) is 0 Å². The molecule has 0 spiro atoms. The van der Waals surface area contributed by atoms with E-state index >= 15 is 0 Å². The number of halogens is 1. The number of carbonyl (C=O) groups excluding carboxylic acids is 2. The lowest BCUT2D eigenvalue weighted by Gasteiger charge is -2.19. The molecule has 0 aliphatic rings. The highest BCUT2D eigenvalue weighted by molar-refractivity contribution is 5.94. The van der Waals surface area contributed by atoms with Crippen LogP contribution in [0.1, 0.15) is 28.8 Å². The number of rotatable bonds is 8. The van der Waals surface area contributed by atoms with Crippen molar-refractivity contribution in [3.63, 3.8) is 0 Å². The molecule has 0 heterocycles. The number of anilines is 1. The summed E-state index contributed by atoms with van der Waals surface area (Å²) in [6.45, 7) is 0. The number of methoxy groups -OCH3 is 1. The van der Waals surface area contributed by atoms with E-state index in [1.165, 1.54) is 18.2 Å². The fraction of sp³-hybridized carbons (Fsp3) is 0.250. The number of hydrogen-bond donors (Lipinski definition) is 3. The predicted octanol–water partition coefficient (Wildman–Crippen LogP) is 3.21. The molecule has 2 aromatic carbocycles. The van der Waals surface area contributed by atoms with Crippen LogP contribution in [0.3, 0.4) is 0 Å². The van der Waals surface area contributed by atoms with Crippen LogP contribution in [0.4, 0.5) is 14.9 Å². The quantitative estimate of drug-likeness (QED) is 0.603. The minimum Gasteiger partial charge on any atom is -0.481 e. The van der Waals surface area contributed by atoms with Crippen LogP contribution in [0, 0.1) is 5.82 Å². The highest BCUT2D eigenvalue weighted by Crippen LogP contribution is 2.19. The van der Waals surface area contributed by atoms with Gasteiger partial charge in [-0.1, -0.05) is 36.4 Å². The number of aliphatic carboxylic acids is 1. The van der Waals surface area contributed by atoms with Crippen LogP contribution in [0.2, 0.25) is 0 Å². The number of esters is 1. The largest absolute Gasteiger partial charge is 0.481 e. The third-order valence-electron chi connectivity index (χ3n) is 4.02. The maximum atomic E-state index is 14.4. The van der Waals surface area contributed by atoms with E-state index in [2.05, 4.69) is 15.4 Å². The van der Waals surface area contributed by atoms with Crippen molar-refractivity contribution < 1.29 is 28.6 Å². The lowest BCUT2D eigenvalue weighted by Crippen LogP contribution is -2.39. The molecule has 28 heavy (non-hydrogen) atoms. The lowest BCUT2D eigenvalue weighted by molar-refractivity contribution is -0.137. The molecule has 0 fully saturated rings. The number of urea groups is 1. The summed E-state index contributed by atoms with van der Waals surface area (Å²) in [6, 6.07) is 12.1.